The zero-order valence-electron chi connectivity index (χ0n) is 12.1. The molecule has 0 amide bonds. The number of aromatic nitrogens is 2. The van der Waals surface area contributed by atoms with Gasteiger partial charge in [-0.15, -0.1) is 0 Å². The Bertz CT molecular complexity index is 742. The lowest BCUT2D eigenvalue weighted by Crippen LogP contribution is -2.21. The maximum Gasteiger partial charge on any atom is 0.223 e. The third kappa shape index (κ3) is 2.59. The topological polar surface area (TPSA) is 54.9 Å². The first-order valence-electron chi connectivity index (χ1n) is 7.61. The summed E-state index contributed by atoms with van der Waals surface area (Å²) in [7, 11) is 0. The molecule has 0 bridgehead atoms. The molecule has 0 aliphatic heterocycles. The number of ketones is 1. The van der Waals surface area contributed by atoms with Gasteiger partial charge in [0.1, 0.15) is 0 Å². The van der Waals surface area contributed by atoms with Crippen LogP contribution in [0.4, 0.5) is 5.95 Å². The number of halogens is 1. The first-order chi connectivity index (χ1) is 10.7. The summed E-state index contributed by atoms with van der Waals surface area (Å²) in [6.45, 7) is 0. The van der Waals surface area contributed by atoms with Crippen molar-refractivity contribution in [1.29, 1.82) is 0 Å². The predicted octanol–water partition coefficient (Wildman–Crippen LogP) is 3.62. The smallest absolute Gasteiger partial charge is 0.223 e. The van der Waals surface area contributed by atoms with Crippen molar-refractivity contribution in [1.82, 2.24) is 9.97 Å². The highest BCUT2D eigenvalue weighted by Gasteiger charge is 2.30. The van der Waals surface area contributed by atoms with E-state index in [0.29, 0.717) is 29.0 Å². The molecule has 22 heavy (non-hydrogen) atoms. The third-order valence-corrected chi connectivity index (χ3v) is 4.64. The molecule has 1 heterocycles. The lowest BCUT2D eigenvalue weighted by molar-refractivity contribution is 0.0963. The minimum absolute atomic E-state index is 0.0948. The van der Waals surface area contributed by atoms with E-state index in [4.69, 9.17) is 11.6 Å². The maximum absolute atomic E-state index is 12.4. The molecule has 1 fully saturated rings. The van der Waals surface area contributed by atoms with Crippen LogP contribution in [0.15, 0.2) is 30.5 Å². The molecule has 1 aromatic heterocycles. The summed E-state index contributed by atoms with van der Waals surface area (Å²) in [5.74, 6) is 0.829. The van der Waals surface area contributed by atoms with Gasteiger partial charge >= 0.3 is 0 Å². The van der Waals surface area contributed by atoms with Gasteiger partial charge in [0.05, 0.1) is 11.3 Å². The molecule has 1 atom stereocenters. The predicted molar refractivity (Wildman–Crippen MR) is 85.5 cm³/mol. The van der Waals surface area contributed by atoms with Crippen LogP contribution in [0, 0.1) is 0 Å². The van der Waals surface area contributed by atoms with E-state index in [1.807, 2.05) is 24.3 Å². The van der Waals surface area contributed by atoms with Gasteiger partial charge in [0.25, 0.3) is 0 Å². The lowest BCUT2D eigenvalue weighted by atomic mass is 9.82. The standard InChI is InChI=1S/C17H16ClN3O/c18-14-4-2-1-3-12(14)10-7-15-13(16(22)8-10)9-19-17(21-15)20-11-5-6-11/h1-4,9-11H,5-8H2,(H,19,20,21)/t10-/m1/s1. The van der Waals surface area contributed by atoms with E-state index < -0.39 is 0 Å². The summed E-state index contributed by atoms with van der Waals surface area (Å²) < 4.78 is 0. The Morgan fingerprint density at radius 2 is 2.00 bits per heavy atom. The van der Waals surface area contributed by atoms with E-state index in [1.165, 1.54) is 12.8 Å². The number of Topliss-reactive ketones (excluding diaryl/α,β-unsaturated/α-hetero) is 1. The molecule has 0 radical (unpaired) electrons. The number of hydrogen-bond acceptors (Lipinski definition) is 4. The molecule has 0 unspecified atom stereocenters. The molecule has 112 valence electrons. The number of hydrogen-bond donors (Lipinski definition) is 1. The van der Waals surface area contributed by atoms with E-state index in [9.17, 15) is 4.79 Å². The van der Waals surface area contributed by atoms with Crippen LogP contribution in [0.2, 0.25) is 5.02 Å². The fourth-order valence-electron chi connectivity index (χ4n) is 2.95. The highest BCUT2D eigenvalue weighted by Crippen LogP contribution is 2.35. The zero-order chi connectivity index (χ0) is 15.1. The molecule has 1 N–H and O–H groups in total. The second-order valence-electron chi connectivity index (χ2n) is 6.02. The van der Waals surface area contributed by atoms with E-state index >= 15 is 0 Å². The number of nitrogens with zero attached hydrogens (tertiary/aromatic N) is 2. The minimum Gasteiger partial charge on any atom is -0.351 e. The second kappa shape index (κ2) is 5.36. The molecule has 1 aromatic carbocycles. The van der Waals surface area contributed by atoms with Crippen LogP contribution in [-0.4, -0.2) is 21.8 Å². The minimum atomic E-state index is 0.0948. The molecule has 1 saturated carbocycles. The van der Waals surface area contributed by atoms with Crippen LogP contribution in [0.1, 0.15) is 46.8 Å². The molecule has 2 aromatic rings. The van der Waals surface area contributed by atoms with E-state index in [2.05, 4.69) is 15.3 Å². The van der Waals surface area contributed by atoms with Gasteiger partial charge in [-0.1, -0.05) is 29.8 Å². The van der Waals surface area contributed by atoms with Crippen molar-refractivity contribution in [3.8, 4) is 0 Å². The summed E-state index contributed by atoms with van der Waals surface area (Å²) in [4.78, 5) is 21.2. The van der Waals surface area contributed by atoms with Crippen LogP contribution in [0.25, 0.3) is 0 Å². The highest BCUT2D eigenvalue weighted by molar-refractivity contribution is 6.31. The largest absolute Gasteiger partial charge is 0.351 e. The normalized spacial score (nSPS) is 20.6. The number of carbonyl (C=O) groups excluding carboxylic acids is 1. The van der Waals surface area contributed by atoms with Crippen LogP contribution in [0.5, 0.6) is 0 Å². The fraction of sp³-hybridized carbons (Fsp3) is 0.353. The monoisotopic (exact) mass is 313 g/mol. The Morgan fingerprint density at radius 3 is 2.77 bits per heavy atom. The van der Waals surface area contributed by atoms with Crippen LogP contribution in [0.3, 0.4) is 0 Å². The number of benzene rings is 1. The van der Waals surface area contributed by atoms with E-state index in [1.54, 1.807) is 6.20 Å². The molecule has 4 rings (SSSR count). The van der Waals surface area contributed by atoms with Crippen molar-refractivity contribution >= 4 is 23.3 Å². The van der Waals surface area contributed by atoms with Gasteiger partial charge < -0.3 is 5.32 Å². The number of carbonyl (C=O) groups is 1. The summed E-state index contributed by atoms with van der Waals surface area (Å²) >= 11 is 6.28. The Labute approximate surface area is 133 Å². The summed E-state index contributed by atoms with van der Waals surface area (Å²) in [5.41, 5.74) is 2.52. The molecule has 4 nitrogen and oxygen atoms in total. The quantitative estimate of drug-likeness (QED) is 0.940. The summed E-state index contributed by atoms with van der Waals surface area (Å²) in [6, 6.07) is 8.23. The maximum atomic E-state index is 12.4. The van der Waals surface area contributed by atoms with Gasteiger partial charge in [-0.2, -0.15) is 0 Å². The van der Waals surface area contributed by atoms with E-state index in [0.717, 1.165) is 17.7 Å². The highest BCUT2D eigenvalue weighted by atomic mass is 35.5. The van der Waals surface area contributed by atoms with Crippen molar-refractivity contribution in [3.05, 3.63) is 52.3 Å². The van der Waals surface area contributed by atoms with Crippen molar-refractivity contribution < 1.29 is 4.79 Å². The van der Waals surface area contributed by atoms with E-state index in [-0.39, 0.29) is 11.7 Å². The Kier molecular flexibility index (Phi) is 3.34. The Morgan fingerprint density at radius 1 is 1.18 bits per heavy atom. The average Bonchev–Trinajstić information content (AvgIpc) is 3.31. The number of nitrogens with one attached hydrogen (secondary N) is 1. The Balaban J connectivity index is 1.65. The molecular formula is C17H16ClN3O. The third-order valence-electron chi connectivity index (χ3n) is 4.30. The van der Waals surface area contributed by atoms with Crippen molar-refractivity contribution in [2.45, 2.75) is 37.6 Å². The van der Waals surface area contributed by atoms with Gasteiger partial charge in [-0.05, 0) is 36.8 Å². The van der Waals surface area contributed by atoms with Gasteiger partial charge in [-0.25, -0.2) is 9.97 Å². The molecular weight excluding hydrogens is 298 g/mol. The van der Waals surface area contributed by atoms with Crippen molar-refractivity contribution in [2.24, 2.45) is 0 Å². The first-order valence-corrected chi connectivity index (χ1v) is 7.98. The number of anilines is 1. The van der Waals surface area contributed by atoms with Crippen LogP contribution < -0.4 is 5.32 Å². The number of rotatable bonds is 3. The number of fused-ring (bicyclic) bond motifs is 1. The lowest BCUT2D eigenvalue weighted by Gasteiger charge is -2.24. The Hall–Kier alpha value is -1.94. The SMILES string of the molecule is O=C1C[C@H](c2ccccc2Cl)Cc2nc(NC3CC3)ncc21. The zero-order valence-corrected chi connectivity index (χ0v) is 12.8. The van der Waals surface area contributed by atoms with Gasteiger partial charge in [0.2, 0.25) is 5.95 Å². The van der Waals surface area contributed by atoms with Gasteiger partial charge in [0, 0.05) is 23.7 Å². The van der Waals surface area contributed by atoms with Crippen molar-refractivity contribution in [3.63, 3.8) is 0 Å². The van der Waals surface area contributed by atoms with Gasteiger partial charge in [0.15, 0.2) is 5.78 Å². The first kappa shape index (κ1) is 13.7. The molecule has 5 heteroatoms. The molecule has 0 saturated heterocycles. The van der Waals surface area contributed by atoms with Crippen LogP contribution >= 0.6 is 11.6 Å². The second-order valence-corrected chi connectivity index (χ2v) is 6.43. The van der Waals surface area contributed by atoms with Crippen LogP contribution in [-0.2, 0) is 6.42 Å². The van der Waals surface area contributed by atoms with Crippen molar-refractivity contribution in [2.75, 3.05) is 5.32 Å². The molecule has 2 aliphatic rings. The molecule has 2 aliphatic carbocycles. The average molecular weight is 314 g/mol. The summed E-state index contributed by atoms with van der Waals surface area (Å²) in [6.07, 6.45) is 5.20. The summed E-state index contributed by atoms with van der Waals surface area (Å²) in [5, 5.41) is 4.00. The van der Waals surface area contributed by atoms with Gasteiger partial charge in [-0.3, -0.25) is 4.79 Å². The molecule has 0 spiro atoms. The fourth-order valence-corrected chi connectivity index (χ4v) is 3.24.